The van der Waals surface area contributed by atoms with Gasteiger partial charge in [-0.15, -0.1) is 0 Å². The van der Waals surface area contributed by atoms with Gasteiger partial charge in [0.25, 0.3) is 5.78 Å². The number of aromatic nitrogens is 1. The number of ether oxygens (including phenoxy) is 3. The van der Waals surface area contributed by atoms with Crippen LogP contribution < -0.4 is 14.4 Å². The molecule has 210 valence electrons. The van der Waals surface area contributed by atoms with Crippen molar-refractivity contribution >= 4 is 39.9 Å². The van der Waals surface area contributed by atoms with Crippen LogP contribution in [0.2, 0.25) is 0 Å². The Balaban J connectivity index is 1.82. The maximum atomic E-state index is 13.5. The molecule has 9 nitrogen and oxygen atoms in total. The first-order valence-electron chi connectivity index (χ1n) is 13.1. The molecule has 4 rings (SSSR count). The topological polar surface area (TPSA) is 115 Å². The molecule has 1 saturated heterocycles. The van der Waals surface area contributed by atoms with E-state index in [4.69, 9.17) is 14.2 Å². The predicted molar refractivity (Wildman–Crippen MR) is 152 cm³/mol. The lowest BCUT2D eigenvalue weighted by molar-refractivity contribution is -0.132. The van der Waals surface area contributed by atoms with Crippen LogP contribution in [0, 0.1) is 6.92 Å². The molecule has 0 bridgehead atoms. The molecule has 0 radical (unpaired) electrons. The number of hydrogen-bond donors (Lipinski definition) is 1. The Morgan fingerprint density at radius 2 is 1.80 bits per heavy atom. The zero-order chi connectivity index (χ0) is 28.8. The fourth-order valence-electron chi connectivity index (χ4n) is 4.46. The number of ketones is 1. The average Bonchev–Trinajstić information content (AvgIpc) is 3.47. The number of unbranched alkanes of at least 4 members (excludes halogenated alkanes) is 2. The summed E-state index contributed by atoms with van der Waals surface area (Å²) in [7, 11) is 1.26. The van der Waals surface area contributed by atoms with Gasteiger partial charge in [0.05, 0.1) is 37.6 Å². The van der Waals surface area contributed by atoms with Crippen LogP contribution in [0.15, 0.2) is 54.1 Å². The fourth-order valence-corrected chi connectivity index (χ4v) is 5.47. The van der Waals surface area contributed by atoms with Gasteiger partial charge >= 0.3 is 11.9 Å². The highest BCUT2D eigenvalue weighted by molar-refractivity contribution is 7.17. The molecular weight excluding hydrogens is 532 g/mol. The summed E-state index contributed by atoms with van der Waals surface area (Å²) in [4.78, 5) is 45.1. The zero-order valence-electron chi connectivity index (χ0n) is 22.9. The van der Waals surface area contributed by atoms with E-state index in [1.165, 1.54) is 12.0 Å². The van der Waals surface area contributed by atoms with E-state index in [9.17, 15) is 19.5 Å². The van der Waals surface area contributed by atoms with Gasteiger partial charge in [0.2, 0.25) is 0 Å². The van der Waals surface area contributed by atoms with Crippen molar-refractivity contribution in [1.29, 1.82) is 0 Å². The number of carbonyl (C=O) groups is 3. The lowest BCUT2D eigenvalue weighted by Crippen LogP contribution is -2.29. The Hall–Kier alpha value is -4.18. The number of aliphatic hydroxyl groups excluding tert-OH is 1. The Kier molecular flexibility index (Phi) is 9.21. The molecule has 1 unspecified atom stereocenters. The predicted octanol–water partition coefficient (Wildman–Crippen LogP) is 5.83. The van der Waals surface area contributed by atoms with Gasteiger partial charge in [-0.2, -0.15) is 0 Å². The first-order valence-corrected chi connectivity index (χ1v) is 13.9. The highest BCUT2D eigenvalue weighted by Crippen LogP contribution is 2.44. The number of aryl methyl sites for hydroxylation is 1. The molecule has 40 heavy (non-hydrogen) atoms. The average molecular weight is 565 g/mol. The second-order valence-corrected chi connectivity index (χ2v) is 10.1. The van der Waals surface area contributed by atoms with Crippen molar-refractivity contribution in [1.82, 2.24) is 4.98 Å². The van der Waals surface area contributed by atoms with E-state index in [0.717, 1.165) is 30.6 Å². The fraction of sp³-hybridized carbons (Fsp3) is 0.333. The van der Waals surface area contributed by atoms with Crippen molar-refractivity contribution in [2.45, 2.75) is 46.1 Å². The van der Waals surface area contributed by atoms with E-state index in [1.807, 2.05) is 6.92 Å². The summed E-state index contributed by atoms with van der Waals surface area (Å²) in [6.45, 7) is 6.59. The van der Waals surface area contributed by atoms with Gasteiger partial charge in [-0.05, 0) is 50.1 Å². The van der Waals surface area contributed by atoms with Crippen molar-refractivity contribution in [2.24, 2.45) is 0 Å². The number of esters is 1. The molecule has 1 N–H and O–H groups in total. The molecule has 0 aliphatic carbocycles. The molecule has 1 amide bonds. The van der Waals surface area contributed by atoms with E-state index in [0.29, 0.717) is 41.5 Å². The first-order chi connectivity index (χ1) is 19.3. The Morgan fingerprint density at radius 1 is 1.05 bits per heavy atom. The van der Waals surface area contributed by atoms with Crippen molar-refractivity contribution in [3.05, 3.63) is 75.8 Å². The Labute approximate surface area is 237 Å². The summed E-state index contributed by atoms with van der Waals surface area (Å²) < 4.78 is 16.2. The third-order valence-corrected chi connectivity index (χ3v) is 7.57. The first kappa shape index (κ1) is 28.8. The highest BCUT2D eigenvalue weighted by atomic mass is 32.1. The molecule has 1 fully saturated rings. The number of aliphatic hydroxyl groups is 1. The maximum absolute atomic E-state index is 13.5. The van der Waals surface area contributed by atoms with Crippen LogP contribution >= 0.6 is 11.3 Å². The van der Waals surface area contributed by atoms with E-state index >= 15 is 0 Å². The third kappa shape index (κ3) is 5.86. The van der Waals surface area contributed by atoms with Crippen LogP contribution in [0.3, 0.4) is 0 Å². The summed E-state index contributed by atoms with van der Waals surface area (Å²) in [5, 5.41) is 11.6. The number of anilines is 1. The van der Waals surface area contributed by atoms with Crippen LogP contribution in [0.25, 0.3) is 5.76 Å². The van der Waals surface area contributed by atoms with Gasteiger partial charge in [-0.1, -0.05) is 55.4 Å². The maximum Gasteiger partial charge on any atom is 0.350 e. The quantitative estimate of drug-likeness (QED) is 0.102. The molecule has 1 aliphatic heterocycles. The number of thiazole rings is 1. The van der Waals surface area contributed by atoms with Crippen molar-refractivity contribution in [2.75, 3.05) is 25.2 Å². The zero-order valence-corrected chi connectivity index (χ0v) is 23.7. The number of methoxy groups -OCH3 is 1. The lowest BCUT2D eigenvalue weighted by Gasteiger charge is -2.23. The molecule has 2 aromatic carbocycles. The molecule has 1 aromatic heterocycles. The van der Waals surface area contributed by atoms with Gasteiger partial charge < -0.3 is 19.3 Å². The number of amides is 1. The van der Waals surface area contributed by atoms with Gasteiger partial charge in [-0.25, -0.2) is 9.78 Å². The van der Waals surface area contributed by atoms with E-state index < -0.39 is 23.7 Å². The molecule has 1 aliphatic rings. The highest BCUT2D eigenvalue weighted by Gasteiger charge is 2.48. The largest absolute Gasteiger partial charge is 0.507 e. The van der Waals surface area contributed by atoms with Crippen molar-refractivity contribution < 1.29 is 33.7 Å². The van der Waals surface area contributed by atoms with Crippen LogP contribution in [0.4, 0.5) is 5.13 Å². The molecule has 10 heteroatoms. The standard InChI is InChI=1S/C30H32N2O7S/c1-5-7-8-16-39-21-14-12-19(13-15-21)24-23(25(33)20-10-9-11-22(17-20)38-6-2)26(34)28(35)32(24)30-31-18(3)27(40-30)29(36)37-4/h9-15,17,24,33H,5-8,16H2,1-4H3/b25-23+. The summed E-state index contributed by atoms with van der Waals surface area (Å²) in [5.41, 5.74) is 1.17. The third-order valence-electron chi connectivity index (χ3n) is 6.44. The van der Waals surface area contributed by atoms with Gasteiger partial charge in [0, 0.05) is 5.56 Å². The minimum absolute atomic E-state index is 0.0947. The number of hydrogen-bond acceptors (Lipinski definition) is 9. The monoisotopic (exact) mass is 564 g/mol. The summed E-state index contributed by atoms with van der Waals surface area (Å²) in [5.74, 6) is -1.49. The molecule has 0 spiro atoms. The minimum atomic E-state index is -0.999. The SMILES string of the molecule is CCCCCOc1ccc(C2/C(=C(\O)c3cccc(OCC)c3)C(=O)C(=O)N2c2nc(C)c(C(=O)OC)s2)cc1. The summed E-state index contributed by atoms with van der Waals surface area (Å²) in [6.07, 6.45) is 3.09. The minimum Gasteiger partial charge on any atom is -0.507 e. The smallest absolute Gasteiger partial charge is 0.350 e. The van der Waals surface area contributed by atoms with Crippen LogP contribution in [0.1, 0.15) is 65.6 Å². The van der Waals surface area contributed by atoms with Crippen LogP contribution in [0.5, 0.6) is 11.5 Å². The second kappa shape index (κ2) is 12.8. The normalized spacial score (nSPS) is 16.3. The number of benzene rings is 2. The number of Topliss-reactive ketones (excluding diaryl/α,β-unsaturated/α-hetero) is 1. The van der Waals surface area contributed by atoms with Crippen molar-refractivity contribution in [3.63, 3.8) is 0 Å². The van der Waals surface area contributed by atoms with Gasteiger partial charge in [-0.3, -0.25) is 14.5 Å². The number of rotatable bonds is 11. The van der Waals surface area contributed by atoms with E-state index in [2.05, 4.69) is 11.9 Å². The molecule has 3 aromatic rings. The molecular formula is C30H32N2O7S. The molecule has 1 atom stereocenters. The van der Waals surface area contributed by atoms with Gasteiger partial charge in [0.1, 0.15) is 22.1 Å². The summed E-state index contributed by atoms with van der Waals surface area (Å²) in [6, 6.07) is 12.7. The van der Waals surface area contributed by atoms with Gasteiger partial charge in [0.15, 0.2) is 5.13 Å². The summed E-state index contributed by atoms with van der Waals surface area (Å²) >= 11 is 0.949. The van der Waals surface area contributed by atoms with E-state index in [-0.39, 0.29) is 21.3 Å². The number of nitrogens with zero attached hydrogens (tertiary/aromatic N) is 2. The lowest BCUT2D eigenvalue weighted by atomic mass is 9.95. The van der Waals surface area contributed by atoms with E-state index in [1.54, 1.807) is 55.5 Å². The Bertz CT molecular complexity index is 1430. The van der Waals surface area contributed by atoms with Crippen LogP contribution in [-0.4, -0.2) is 48.1 Å². The molecule has 2 heterocycles. The van der Waals surface area contributed by atoms with Crippen LogP contribution in [-0.2, 0) is 14.3 Å². The number of carbonyl (C=O) groups excluding carboxylic acids is 3. The second-order valence-electron chi connectivity index (χ2n) is 9.16. The van der Waals surface area contributed by atoms with Crippen molar-refractivity contribution in [3.8, 4) is 11.5 Å². The Morgan fingerprint density at radius 3 is 2.48 bits per heavy atom. The molecule has 0 saturated carbocycles.